The lowest BCUT2D eigenvalue weighted by Gasteiger charge is -2.07. The van der Waals surface area contributed by atoms with Gasteiger partial charge in [-0.3, -0.25) is 0 Å². The van der Waals surface area contributed by atoms with Crippen molar-refractivity contribution in [2.45, 2.75) is 26.7 Å². The molecule has 0 saturated heterocycles. The molecule has 0 fully saturated rings. The molecule has 0 aromatic heterocycles. The third-order valence-electron chi connectivity index (χ3n) is 1.64. The Morgan fingerprint density at radius 1 is 1.54 bits per heavy atom. The summed E-state index contributed by atoms with van der Waals surface area (Å²) in [5.74, 6) is -0.332. The highest BCUT2D eigenvalue weighted by Crippen LogP contribution is 2.10. The summed E-state index contributed by atoms with van der Waals surface area (Å²) in [4.78, 5) is 11.3. The summed E-state index contributed by atoms with van der Waals surface area (Å²) in [6.07, 6.45) is 2.77. The first-order valence-corrected chi connectivity index (χ1v) is 4.42. The summed E-state index contributed by atoms with van der Waals surface area (Å²) < 4.78 is 4.85. The van der Waals surface area contributed by atoms with E-state index in [1.54, 1.807) is 13.0 Å². The Bertz CT molecular complexity index is 219. The average Bonchev–Trinajstić information content (AvgIpc) is 2.13. The molecule has 0 aliphatic carbocycles. The monoisotopic (exact) mass is 183 g/mol. The number of hydrogen-bond acceptors (Lipinski definition) is 3. The summed E-state index contributed by atoms with van der Waals surface area (Å²) in [5.41, 5.74) is 6.77. The predicted molar refractivity (Wildman–Crippen MR) is 53.0 cm³/mol. The number of allylic oxidation sites excluding steroid dienone is 2. The van der Waals surface area contributed by atoms with Crippen LogP contribution in [0, 0.1) is 0 Å². The van der Waals surface area contributed by atoms with Gasteiger partial charge in [0.2, 0.25) is 0 Å². The third kappa shape index (κ3) is 3.78. The Labute approximate surface area is 79.3 Å². The summed E-state index contributed by atoms with van der Waals surface area (Å²) >= 11 is 0. The number of hydrogen-bond donors (Lipinski definition) is 1. The van der Waals surface area contributed by atoms with Crippen LogP contribution in [0.4, 0.5) is 0 Å². The van der Waals surface area contributed by atoms with Gasteiger partial charge in [0.1, 0.15) is 0 Å². The van der Waals surface area contributed by atoms with Crippen LogP contribution in [0.3, 0.4) is 0 Å². The van der Waals surface area contributed by atoms with Crippen LogP contribution in [0.2, 0.25) is 0 Å². The number of ether oxygens (including phenoxy) is 1. The average molecular weight is 183 g/mol. The summed E-state index contributed by atoms with van der Waals surface area (Å²) in [6.45, 7) is 7.60. The maximum atomic E-state index is 11.3. The molecule has 0 spiro atoms. The summed E-state index contributed by atoms with van der Waals surface area (Å²) in [7, 11) is 0. The van der Waals surface area contributed by atoms with Crippen molar-refractivity contribution < 1.29 is 9.53 Å². The van der Waals surface area contributed by atoms with E-state index in [-0.39, 0.29) is 5.97 Å². The van der Waals surface area contributed by atoms with Gasteiger partial charge >= 0.3 is 5.97 Å². The number of carbonyl (C=O) groups excluding carboxylic acids is 1. The molecule has 0 saturated carbocycles. The largest absolute Gasteiger partial charge is 0.463 e. The molecule has 0 aromatic rings. The number of esters is 1. The Morgan fingerprint density at radius 2 is 2.15 bits per heavy atom. The summed E-state index contributed by atoms with van der Waals surface area (Å²) in [5, 5.41) is 0. The lowest BCUT2D eigenvalue weighted by molar-refractivity contribution is -0.138. The fourth-order valence-electron chi connectivity index (χ4n) is 0.921. The van der Waals surface area contributed by atoms with Gasteiger partial charge in [0, 0.05) is 5.70 Å². The van der Waals surface area contributed by atoms with Crippen LogP contribution in [-0.2, 0) is 9.53 Å². The van der Waals surface area contributed by atoms with Crippen molar-refractivity contribution in [1.29, 1.82) is 0 Å². The highest BCUT2D eigenvalue weighted by atomic mass is 16.5. The molecule has 13 heavy (non-hydrogen) atoms. The third-order valence-corrected chi connectivity index (χ3v) is 1.64. The van der Waals surface area contributed by atoms with Crippen molar-refractivity contribution in [2.75, 3.05) is 6.61 Å². The molecule has 0 aromatic carbocycles. The highest BCUT2D eigenvalue weighted by molar-refractivity contribution is 5.89. The van der Waals surface area contributed by atoms with E-state index in [0.29, 0.717) is 30.7 Å². The van der Waals surface area contributed by atoms with Crippen molar-refractivity contribution in [3.8, 4) is 0 Å². The van der Waals surface area contributed by atoms with Crippen molar-refractivity contribution >= 4 is 5.97 Å². The number of rotatable bonds is 5. The second-order valence-corrected chi connectivity index (χ2v) is 2.57. The van der Waals surface area contributed by atoms with E-state index in [1.807, 2.05) is 6.92 Å². The molecule has 0 unspecified atom stereocenters. The molecular weight excluding hydrogens is 166 g/mol. The molecule has 2 N–H and O–H groups in total. The van der Waals surface area contributed by atoms with Gasteiger partial charge in [-0.15, -0.1) is 6.58 Å². The van der Waals surface area contributed by atoms with Gasteiger partial charge in [0.15, 0.2) is 0 Å². The van der Waals surface area contributed by atoms with E-state index in [1.165, 1.54) is 0 Å². The Morgan fingerprint density at radius 3 is 2.54 bits per heavy atom. The lowest BCUT2D eigenvalue weighted by atomic mass is 10.1. The van der Waals surface area contributed by atoms with Crippen LogP contribution < -0.4 is 5.73 Å². The van der Waals surface area contributed by atoms with Gasteiger partial charge < -0.3 is 10.5 Å². The molecule has 0 aliphatic heterocycles. The molecule has 0 radical (unpaired) electrons. The molecule has 0 atom stereocenters. The number of carbonyl (C=O) groups is 1. The van der Waals surface area contributed by atoms with Crippen LogP contribution in [0.1, 0.15) is 26.7 Å². The van der Waals surface area contributed by atoms with E-state index in [2.05, 4.69) is 6.58 Å². The predicted octanol–water partition coefficient (Wildman–Crippen LogP) is 1.75. The molecule has 0 heterocycles. The fourth-order valence-corrected chi connectivity index (χ4v) is 0.921. The summed E-state index contributed by atoms with van der Waals surface area (Å²) in [6, 6.07) is 0. The first-order chi connectivity index (χ1) is 6.17. The topological polar surface area (TPSA) is 52.3 Å². The minimum absolute atomic E-state index is 0.332. The molecular formula is C10H17NO2. The Kier molecular flexibility index (Phi) is 5.68. The van der Waals surface area contributed by atoms with E-state index < -0.39 is 0 Å². The maximum absolute atomic E-state index is 11.3. The van der Waals surface area contributed by atoms with Crippen LogP contribution in [0.5, 0.6) is 0 Å². The minimum Gasteiger partial charge on any atom is -0.463 e. The van der Waals surface area contributed by atoms with E-state index in [0.717, 1.165) is 0 Å². The number of nitrogens with two attached hydrogens (primary N) is 1. The highest BCUT2D eigenvalue weighted by Gasteiger charge is 2.11. The molecule has 74 valence electrons. The van der Waals surface area contributed by atoms with Gasteiger partial charge in [0.25, 0.3) is 0 Å². The van der Waals surface area contributed by atoms with E-state index in [4.69, 9.17) is 10.5 Å². The second kappa shape index (κ2) is 6.29. The SMILES string of the molecule is C=CCC(C(=O)OCC)=C(N)CC. The van der Waals surface area contributed by atoms with Crippen LogP contribution >= 0.6 is 0 Å². The van der Waals surface area contributed by atoms with Crippen molar-refractivity contribution in [3.05, 3.63) is 23.9 Å². The Hall–Kier alpha value is -1.25. The van der Waals surface area contributed by atoms with E-state index >= 15 is 0 Å². The van der Waals surface area contributed by atoms with Crippen molar-refractivity contribution in [1.82, 2.24) is 0 Å². The Balaban J connectivity index is 4.59. The first kappa shape index (κ1) is 11.8. The van der Waals surface area contributed by atoms with E-state index in [9.17, 15) is 4.79 Å². The van der Waals surface area contributed by atoms with Crippen molar-refractivity contribution in [3.63, 3.8) is 0 Å². The molecule has 0 rings (SSSR count). The van der Waals surface area contributed by atoms with Crippen molar-refractivity contribution in [2.24, 2.45) is 5.73 Å². The minimum atomic E-state index is -0.332. The fraction of sp³-hybridized carbons (Fsp3) is 0.500. The molecule has 0 bridgehead atoms. The smallest absolute Gasteiger partial charge is 0.336 e. The van der Waals surface area contributed by atoms with Crippen LogP contribution in [0.25, 0.3) is 0 Å². The zero-order valence-electron chi connectivity index (χ0n) is 8.30. The van der Waals surface area contributed by atoms with Crippen LogP contribution in [0.15, 0.2) is 23.9 Å². The first-order valence-electron chi connectivity index (χ1n) is 4.42. The normalized spacial score (nSPS) is 11.8. The van der Waals surface area contributed by atoms with Gasteiger partial charge in [-0.2, -0.15) is 0 Å². The molecule has 3 nitrogen and oxygen atoms in total. The van der Waals surface area contributed by atoms with Crippen LogP contribution in [-0.4, -0.2) is 12.6 Å². The van der Waals surface area contributed by atoms with Gasteiger partial charge in [0.05, 0.1) is 12.2 Å². The molecule has 0 amide bonds. The van der Waals surface area contributed by atoms with Gasteiger partial charge in [-0.05, 0) is 19.8 Å². The zero-order valence-corrected chi connectivity index (χ0v) is 8.30. The maximum Gasteiger partial charge on any atom is 0.336 e. The second-order valence-electron chi connectivity index (χ2n) is 2.57. The zero-order chi connectivity index (χ0) is 10.3. The molecule has 0 aliphatic rings. The molecule has 3 heteroatoms. The quantitative estimate of drug-likeness (QED) is 0.401. The lowest BCUT2D eigenvalue weighted by Crippen LogP contribution is -2.13. The van der Waals surface area contributed by atoms with Gasteiger partial charge in [-0.25, -0.2) is 4.79 Å². The van der Waals surface area contributed by atoms with Gasteiger partial charge in [-0.1, -0.05) is 13.0 Å². The standard InChI is InChI=1S/C10H17NO2/c1-4-7-8(9(11)5-2)10(12)13-6-3/h4H,1,5-7,11H2,2-3H3.